The van der Waals surface area contributed by atoms with Crippen molar-refractivity contribution < 1.29 is 5.11 Å². The lowest BCUT2D eigenvalue weighted by molar-refractivity contribution is 0.482. The van der Waals surface area contributed by atoms with E-state index in [4.69, 9.17) is 0 Å². The van der Waals surface area contributed by atoms with Crippen molar-refractivity contribution in [2.45, 2.75) is 0 Å². The monoisotopic (exact) mass is 270 g/mol. The number of rotatable bonds is 1. The summed E-state index contributed by atoms with van der Waals surface area (Å²) >= 11 is 0. The molecular formula is C20H14O. The van der Waals surface area contributed by atoms with Crippen LogP contribution in [0.2, 0.25) is 0 Å². The second-order valence-corrected chi connectivity index (χ2v) is 5.21. The number of hydrogen-bond donors (Lipinski definition) is 1. The van der Waals surface area contributed by atoms with Gasteiger partial charge in [0.25, 0.3) is 0 Å². The van der Waals surface area contributed by atoms with Gasteiger partial charge >= 0.3 is 0 Å². The molecular weight excluding hydrogens is 256 g/mol. The van der Waals surface area contributed by atoms with Crippen LogP contribution < -0.4 is 0 Å². The first-order valence-electron chi connectivity index (χ1n) is 7.03. The number of hydrogen-bond acceptors (Lipinski definition) is 1. The minimum absolute atomic E-state index is 0.331. The average molecular weight is 270 g/mol. The van der Waals surface area contributed by atoms with Crippen LogP contribution in [0, 0.1) is 0 Å². The fourth-order valence-corrected chi connectivity index (χ4v) is 3.01. The molecule has 0 aliphatic rings. The molecule has 0 aromatic heterocycles. The van der Waals surface area contributed by atoms with Gasteiger partial charge in [-0.3, -0.25) is 0 Å². The van der Waals surface area contributed by atoms with Crippen molar-refractivity contribution in [2.75, 3.05) is 0 Å². The first-order valence-corrected chi connectivity index (χ1v) is 7.03. The zero-order valence-corrected chi connectivity index (χ0v) is 11.5. The van der Waals surface area contributed by atoms with Gasteiger partial charge in [-0.25, -0.2) is 0 Å². The maximum Gasteiger partial charge on any atom is 0.124 e. The smallest absolute Gasteiger partial charge is 0.124 e. The minimum atomic E-state index is 0.331. The highest BCUT2D eigenvalue weighted by molar-refractivity contribution is 6.14. The van der Waals surface area contributed by atoms with Crippen LogP contribution >= 0.6 is 0 Å². The Morgan fingerprint density at radius 1 is 0.619 bits per heavy atom. The van der Waals surface area contributed by atoms with Gasteiger partial charge in [-0.1, -0.05) is 66.7 Å². The molecule has 0 fully saturated rings. The molecule has 0 heterocycles. The molecule has 1 N–H and O–H groups in total. The van der Waals surface area contributed by atoms with Crippen LogP contribution in [0.15, 0.2) is 78.9 Å². The van der Waals surface area contributed by atoms with E-state index in [2.05, 4.69) is 30.3 Å². The molecule has 0 aliphatic carbocycles. The first-order chi connectivity index (χ1) is 10.3. The Morgan fingerprint density at radius 3 is 2.19 bits per heavy atom. The Balaban J connectivity index is 2.27. The number of aromatic hydroxyl groups is 1. The second-order valence-electron chi connectivity index (χ2n) is 5.21. The van der Waals surface area contributed by atoms with E-state index >= 15 is 0 Å². The number of phenols is 1. The maximum atomic E-state index is 10.4. The maximum absolute atomic E-state index is 10.4. The van der Waals surface area contributed by atoms with Crippen LogP contribution in [-0.4, -0.2) is 5.11 Å². The van der Waals surface area contributed by atoms with Crippen molar-refractivity contribution in [1.29, 1.82) is 0 Å². The van der Waals surface area contributed by atoms with E-state index in [0.29, 0.717) is 5.75 Å². The minimum Gasteiger partial charge on any atom is -0.507 e. The normalized spacial score (nSPS) is 11.0. The summed E-state index contributed by atoms with van der Waals surface area (Å²) in [5.41, 5.74) is 2.22. The molecule has 0 saturated carbocycles. The van der Waals surface area contributed by atoms with Crippen molar-refractivity contribution in [2.24, 2.45) is 0 Å². The fraction of sp³-hybridized carbons (Fsp3) is 0. The van der Waals surface area contributed by atoms with E-state index in [1.165, 1.54) is 5.39 Å². The molecule has 1 nitrogen and oxygen atoms in total. The third-order valence-electron chi connectivity index (χ3n) is 3.93. The van der Waals surface area contributed by atoms with Crippen molar-refractivity contribution in [3.63, 3.8) is 0 Å². The van der Waals surface area contributed by atoms with Crippen LogP contribution in [0.3, 0.4) is 0 Å². The zero-order chi connectivity index (χ0) is 14.2. The summed E-state index contributed by atoms with van der Waals surface area (Å²) < 4.78 is 0. The molecule has 4 rings (SSSR count). The highest BCUT2D eigenvalue weighted by Gasteiger charge is 2.12. The third-order valence-corrected chi connectivity index (χ3v) is 3.93. The molecule has 0 unspecified atom stereocenters. The lowest BCUT2D eigenvalue weighted by Crippen LogP contribution is -1.85. The van der Waals surface area contributed by atoms with Crippen molar-refractivity contribution >= 4 is 21.5 Å². The fourth-order valence-electron chi connectivity index (χ4n) is 3.01. The van der Waals surface area contributed by atoms with Gasteiger partial charge in [-0.2, -0.15) is 0 Å². The number of phenolic OH excluding ortho intramolecular Hbond substituents is 1. The zero-order valence-electron chi connectivity index (χ0n) is 11.5. The summed E-state index contributed by atoms with van der Waals surface area (Å²) in [5, 5.41) is 14.7. The van der Waals surface area contributed by atoms with Crippen LogP contribution in [0.5, 0.6) is 5.75 Å². The molecule has 0 bridgehead atoms. The van der Waals surface area contributed by atoms with Crippen LogP contribution in [-0.2, 0) is 0 Å². The van der Waals surface area contributed by atoms with Gasteiger partial charge in [-0.05, 0) is 33.9 Å². The van der Waals surface area contributed by atoms with Crippen LogP contribution in [0.1, 0.15) is 0 Å². The lowest BCUT2D eigenvalue weighted by atomic mass is 9.92. The molecule has 100 valence electrons. The first kappa shape index (κ1) is 12.0. The van der Waals surface area contributed by atoms with E-state index in [1.807, 2.05) is 42.5 Å². The second kappa shape index (κ2) is 4.64. The molecule has 0 radical (unpaired) electrons. The van der Waals surface area contributed by atoms with Gasteiger partial charge in [0, 0.05) is 10.9 Å². The molecule has 0 saturated heterocycles. The molecule has 4 aromatic rings. The van der Waals surface area contributed by atoms with Gasteiger partial charge in [0.15, 0.2) is 0 Å². The third kappa shape index (κ3) is 1.86. The summed E-state index contributed by atoms with van der Waals surface area (Å²) in [4.78, 5) is 0. The molecule has 0 spiro atoms. The van der Waals surface area contributed by atoms with Crippen molar-refractivity contribution in [3.05, 3.63) is 78.9 Å². The van der Waals surface area contributed by atoms with Gasteiger partial charge < -0.3 is 5.11 Å². The van der Waals surface area contributed by atoms with Crippen LogP contribution in [0.25, 0.3) is 32.7 Å². The lowest BCUT2D eigenvalue weighted by Gasteiger charge is -2.13. The topological polar surface area (TPSA) is 20.2 Å². The van der Waals surface area contributed by atoms with Gasteiger partial charge in [0.2, 0.25) is 0 Å². The van der Waals surface area contributed by atoms with Gasteiger partial charge in [0.05, 0.1) is 0 Å². The van der Waals surface area contributed by atoms with Gasteiger partial charge in [0.1, 0.15) is 5.75 Å². The summed E-state index contributed by atoms with van der Waals surface area (Å²) in [6.45, 7) is 0. The van der Waals surface area contributed by atoms with Crippen molar-refractivity contribution in [1.82, 2.24) is 0 Å². The standard InChI is InChI=1S/C20H14O/c21-18-12-6-10-16-13-15-9-4-5-11-17(15)19(20(16)18)14-7-2-1-3-8-14/h1-13,21H. The highest BCUT2D eigenvalue weighted by Crippen LogP contribution is 2.40. The molecule has 0 atom stereocenters. The predicted molar refractivity (Wildman–Crippen MR) is 88.6 cm³/mol. The van der Waals surface area contributed by atoms with Crippen LogP contribution in [0.4, 0.5) is 0 Å². The quantitative estimate of drug-likeness (QED) is 0.461. The number of fused-ring (bicyclic) bond motifs is 2. The van der Waals surface area contributed by atoms with Crippen molar-refractivity contribution in [3.8, 4) is 16.9 Å². The van der Waals surface area contributed by atoms with E-state index in [-0.39, 0.29) is 0 Å². The largest absolute Gasteiger partial charge is 0.507 e. The molecule has 21 heavy (non-hydrogen) atoms. The molecule has 0 aliphatic heterocycles. The predicted octanol–water partition coefficient (Wildman–Crippen LogP) is 5.37. The van der Waals surface area contributed by atoms with E-state index in [9.17, 15) is 5.11 Å². The molecule has 4 aromatic carbocycles. The SMILES string of the molecule is Oc1cccc2cc3ccccc3c(-c3ccccc3)c12. The molecule has 0 amide bonds. The van der Waals surface area contributed by atoms with E-state index < -0.39 is 0 Å². The Hall–Kier alpha value is -2.80. The van der Waals surface area contributed by atoms with Gasteiger partial charge in [-0.15, -0.1) is 0 Å². The van der Waals surface area contributed by atoms with E-state index in [0.717, 1.165) is 27.3 Å². The Morgan fingerprint density at radius 2 is 1.33 bits per heavy atom. The summed E-state index contributed by atoms with van der Waals surface area (Å²) in [7, 11) is 0. The Kier molecular flexibility index (Phi) is 2.65. The summed E-state index contributed by atoms with van der Waals surface area (Å²) in [5.74, 6) is 0.331. The molecule has 1 heteroatoms. The summed E-state index contributed by atoms with van der Waals surface area (Å²) in [6.07, 6.45) is 0. The number of benzene rings is 4. The highest BCUT2D eigenvalue weighted by atomic mass is 16.3. The Labute approximate surface area is 123 Å². The average Bonchev–Trinajstić information content (AvgIpc) is 2.54. The Bertz CT molecular complexity index is 940. The summed E-state index contributed by atoms with van der Waals surface area (Å²) in [6, 6.07) is 26.4. The van der Waals surface area contributed by atoms with E-state index in [1.54, 1.807) is 6.07 Å².